The third-order valence-corrected chi connectivity index (χ3v) is 4.69. The zero-order valence-electron chi connectivity index (χ0n) is 12.4. The average Bonchev–Trinajstić information content (AvgIpc) is 2.40. The Morgan fingerprint density at radius 3 is 2.63 bits per heavy atom. The molecule has 0 aromatic heterocycles. The molecule has 1 atom stereocenters. The summed E-state index contributed by atoms with van der Waals surface area (Å²) in [5.41, 5.74) is -0.262. The van der Waals surface area contributed by atoms with E-state index < -0.39 is 0 Å². The number of nitrogens with one attached hydrogen (secondary N) is 2. The maximum atomic E-state index is 12.8. The molecule has 2 N–H and O–H groups in total. The van der Waals surface area contributed by atoms with Crippen molar-refractivity contribution >= 4 is 5.91 Å². The minimum Gasteiger partial charge on any atom is -0.381 e. The van der Waals surface area contributed by atoms with Crippen molar-refractivity contribution in [2.75, 3.05) is 26.3 Å². The topological polar surface area (TPSA) is 50.4 Å². The molecule has 0 aromatic rings. The lowest BCUT2D eigenvalue weighted by atomic mass is 9.75. The van der Waals surface area contributed by atoms with Gasteiger partial charge in [0, 0.05) is 25.3 Å². The van der Waals surface area contributed by atoms with Gasteiger partial charge in [-0.1, -0.05) is 13.3 Å². The predicted octanol–water partition coefficient (Wildman–Crippen LogP) is 1.84. The van der Waals surface area contributed by atoms with Crippen LogP contribution in [0.25, 0.3) is 0 Å². The molecule has 4 heteroatoms. The molecule has 2 saturated heterocycles. The molecule has 2 aliphatic rings. The molecule has 1 unspecified atom stereocenters. The van der Waals surface area contributed by atoms with Crippen LogP contribution in [0.4, 0.5) is 0 Å². The molecular weight excluding hydrogens is 240 g/mol. The van der Waals surface area contributed by atoms with Crippen LogP contribution in [0, 0.1) is 5.41 Å². The van der Waals surface area contributed by atoms with E-state index in [-0.39, 0.29) is 16.9 Å². The quantitative estimate of drug-likeness (QED) is 0.818. The summed E-state index contributed by atoms with van der Waals surface area (Å²) in [6.45, 7) is 7.72. The van der Waals surface area contributed by atoms with E-state index in [4.69, 9.17) is 4.74 Å². The fraction of sp³-hybridized carbons (Fsp3) is 0.933. The van der Waals surface area contributed by atoms with Gasteiger partial charge in [0.25, 0.3) is 0 Å². The molecule has 4 nitrogen and oxygen atoms in total. The zero-order valence-corrected chi connectivity index (χ0v) is 12.4. The van der Waals surface area contributed by atoms with Gasteiger partial charge in [-0.05, 0) is 45.6 Å². The number of carbonyl (C=O) groups is 1. The zero-order chi connectivity index (χ0) is 13.8. The first kappa shape index (κ1) is 14.8. The first-order valence-corrected chi connectivity index (χ1v) is 7.71. The second-order valence-electron chi connectivity index (χ2n) is 6.44. The number of amides is 1. The Balaban J connectivity index is 2.02. The van der Waals surface area contributed by atoms with Crippen molar-refractivity contribution in [2.45, 2.75) is 57.9 Å². The Labute approximate surface area is 116 Å². The first-order chi connectivity index (χ1) is 9.10. The molecule has 0 saturated carbocycles. The van der Waals surface area contributed by atoms with Crippen LogP contribution in [0.5, 0.6) is 0 Å². The van der Waals surface area contributed by atoms with Crippen LogP contribution in [0.15, 0.2) is 0 Å². The monoisotopic (exact) mass is 268 g/mol. The molecule has 110 valence electrons. The number of hydrogen-bond donors (Lipinski definition) is 2. The third kappa shape index (κ3) is 3.48. The van der Waals surface area contributed by atoms with E-state index in [1.54, 1.807) is 0 Å². The van der Waals surface area contributed by atoms with E-state index in [2.05, 4.69) is 24.5 Å². The molecule has 0 bridgehead atoms. The Morgan fingerprint density at radius 1 is 1.32 bits per heavy atom. The van der Waals surface area contributed by atoms with Crippen molar-refractivity contribution in [1.82, 2.24) is 10.6 Å². The van der Waals surface area contributed by atoms with Crippen molar-refractivity contribution in [3.05, 3.63) is 0 Å². The van der Waals surface area contributed by atoms with Gasteiger partial charge >= 0.3 is 0 Å². The molecule has 19 heavy (non-hydrogen) atoms. The molecule has 1 amide bonds. The van der Waals surface area contributed by atoms with Crippen LogP contribution in [0.2, 0.25) is 0 Å². The maximum absolute atomic E-state index is 12.8. The number of carbonyl (C=O) groups excluding carboxylic acids is 1. The van der Waals surface area contributed by atoms with Gasteiger partial charge in [0.2, 0.25) is 5.91 Å². The Bertz CT molecular complexity index is 300. The molecule has 0 spiro atoms. The molecule has 0 radical (unpaired) electrons. The molecule has 2 fully saturated rings. The summed E-state index contributed by atoms with van der Waals surface area (Å²) >= 11 is 0. The van der Waals surface area contributed by atoms with Crippen LogP contribution in [0.1, 0.15) is 52.4 Å². The van der Waals surface area contributed by atoms with Gasteiger partial charge in [-0.15, -0.1) is 0 Å². The van der Waals surface area contributed by atoms with Gasteiger partial charge in [0.1, 0.15) is 0 Å². The van der Waals surface area contributed by atoms with Crippen LogP contribution in [-0.4, -0.2) is 37.7 Å². The first-order valence-electron chi connectivity index (χ1n) is 7.71. The van der Waals surface area contributed by atoms with Gasteiger partial charge in [-0.3, -0.25) is 4.79 Å². The fourth-order valence-corrected chi connectivity index (χ4v) is 3.32. The Morgan fingerprint density at radius 2 is 2.05 bits per heavy atom. The normalized spacial score (nSPS) is 30.8. The highest BCUT2D eigenvalue weighted by molar-refractivity contribution is 5.83. The summed E-state index contributed by atoms with van der Waals surface area (Å²) in [5, 5.41) is 6.74. The maximum Gasteiger partial charge on any atom is 0.227 e. The van der Waals surface area contributed by atoms with Gasteiger partial charge in [-0.2, -0.15) is 0 Å². The van der Waals surface area contributed by atoms with Crippen molar-refractivity contribution in [1.29, 1.82) is 0 Å². The summed E-state index contributed by atoms with van der Waals surface area (Å²) in [6.07, 6.45) is 6.02. The Hall–Kier alpha value is -0.610. The summed E-state index contributed by atoms with van der Waals surface area (Å²) in [7, 11) is 0. The second kappa shape index (κ2) is 6.23. The SMILES string of the molecule is CCCC1(C(=O)NC2(C)CCOCC2)CCCNC1. The van der Waals surface area contributed by atoms with Crippen LogP contribution in [0.3, 0.4) is 0 Å². The average molecular weight is 268 g/mol. The summed E-state index contributed by atoms with van der Waals surface area (Å²) in [5.74, 6) is 0.256. The molecule has 2 heterocycles. The summed E-state index contributed by atoms with van der Waals surface area (Å²) < 4.78 is 5.40. The van der Waals surface area contributed by atoms with E-state index >= 15 is 0 Å². The standard InChI is InChI=1S/C15H28N2O2/c1-3-5-15(6-4-9-16-12-15)13(18)17-14(2)7-10-19-11-8-14/h16H,3-12H2,1-2H3,(H,17,18). The second-order valence-corrected chi connectivity index (χ2v) is 6.44. The van der Waals surface area contributed by atoms with Crippen molar-refractivity contribution in [3.63, 3.8) is 0 Å². The molecule has 2 rings (SSSR count). The molecule has 0 aromatic carbocycles. The van der Waals surface area contributed by atoms with Crippen LogP contribution in [-0.2, 0) is 9.53 Å². The largest absolute Gasteiger partial charge is 0.381 e. The lowest BCUT2D eigenvalue weighted by molar-refractivity contribution is -0.135. The fourth-order valence-electron chi connectivity index (χ4n) is 3.32. The van der Waals surface area contributed by atoms with Gasteiger partial charge < -0.3 is 15.4 Å². The lowest BCUT2D eigenvalue weighted by Gasteiger charge is -2.41. The van der Waals surface area contributed by atoms with E-state index in [1.165, 1.54) is 0 Å². The number of hydrogen-bond acceptors (Lipinski definition) is 3. The Kier molecular flexibility index (Phi) is 4.85. The van der Waals surface area contributed by atoms with Crippen molar-refractivity contribution in [2.24, 2.45) is 5.41 Å². The highest BCUT2D eigenvalue weighted by atomic mass is 16.5. The van der Waals surface area contributed by atoms with Crippen molar-refractivity contribution in [3.8, 4) is 0 Å². The van der Waals surface area contributed by atoms with Crippen molar-refractivity contribution < 1.29 is 9.53 Å². The smallest absolute Gasteiger partial charge is 0.227 e. The number of ether oxygens (including phenoxy) is 1. The van der Waals surface area contributed by atoms with E-state index in [1.807, 2.05) is 0 Å². The number of rotatable bonds is 4. The number of piperidine rings is 1. The minimum absolute atomic E-state index is 0.0759. The van der Waals surface area contributed by atoms with Gasteiger partial charge in [-0.25, -0.2) is 0 Å². The van der Waals surface area contributed by atoms with Gasteiger partial charge in [0.15, 0.2) is 0 Å². The molecule has 0 aliphatic carbocycles. The summed E-state index contributed by atoms with van der Waals surface area (Å²) in [6, 6.07) is 0. The predicted molar refractivity (Wildman–Crippen MR) is 76.0 cm³/mol. The van der Waals surface area contributed by atoms with Crippen LogP contribution >= 0.6 is 0 Å². The van der Waals surface area contributed by atoms with Gasteiger partial charge in [0.05, 0.1) is 5.41 Å². The van der Waals surface area contributed by atoms with E-state index in [9.17, 15) is 4.79 Å². The van der Waals surface area contributed by atoms with E-state index in [0.717, 1.165) is 64.8 Å². The highest BCUT2D eigenvalue weighted by Gasteiger charge is 2.41. The lowest BCUT2D eigenvalue weighted by Crippen LogP contribution is -2.57. The molecule has 2 aliphatic heterocycles. The highest BCUT2D eigenvalue weighted by Crippen LogP contribution is 2.33. The molecular formula is C15H28N2O2. The minimum atomic E-state index is -0.186. The summed E-state index contributed by atoms with van der Waals surface area (Å²) in [4.78, 5) is 12.8. The van der Waals surface area contributed by atoms with Crippen LogP contribution < -0.4 is 10.6 Å². The third-order valence-electron chi connectivity index (χ3n) is 4.69. The van der Waals surface area contributed by atoms with E-state index in [0.29, 0.717) is 0 Å².